The van der Waals surface area contributed by atoms with Gasteiger partial charge in [0, 0.05) is 85.5 Å². The van der Waals surface area contributed by atoms with Gasteiger partial charge in [-0.05, 0) is 155 Å². The van der Waals surface area contributed by atoms with Gasteiger partial charge in [-0.1, -0.05) is 54.2 Å². The largest absolute Gasteiger partial charge is 0.507 e. The van der Waals surface area contributed by atoms with E-state index in [1.54, 1.807) is 46.0 Å². The van der Waals surface area contributed by atoms with Gasteiger partial charge in [-0.3, -0.25) is 14.4 Å². The number of ether oxygens (including phenoxy) is 1. The van der Waals surface area contributed by atoms with Crippen molar-refractivity contribution in [2.75, 3.05) is 33.2 Å². The van der Waals surface area contributed by atoms with Crippen molar-refractivity contribution < 1.29 is 54.2 Å². The number of carboxylic acids is 1. The molecule has 7 rings (SSSR count). The van der Waals surface area contributed by atoms with Gasteiger partial charge in [-0.25, -0.2) is 14.6 Å². The molecule has 4 amide bonds. The van der Waals surface area contributed by atoms with Crippen molar-refractivity contribution in [2.45, 2.75) is 181 Å². The van der Waals surface area contributed by atoms with E-state index >= 15 is 0 Å². The second-order valence-corrected chi connectivity index (χ2v) is 26.3. The molecule has 3 aromatic rings. The summed E-state index contributed by atoms with van der Waals surface area (Å²) in [6, 6.07) is 5.93. The van der Waals surface area contributed by atoms with Crippen LogP contribution in [0, 0.1) is 64.6 Å². The van der Waals surface area contributed by atoms with Gasteiger partial charge in [0.25, 0.3) is 0 Å². The first-order valence-corrected chi connectivity index (χ1v) is 30.0. The molecular formula is C62H88N6O11S. The highest BCUT2D eigenvalue weighted by molar-refractivity contribution is 7.19. The number of benzene rings is 2. The van der Waals surface area contributed by atoms with Crippen LogP contribution in [0.3, 0.4) is 0 Å². The van der Waals surface area contributed by atoms with Crippen LogP contribution in [-0.4, -0.2) is 122 Å². The molecule has 4 saturated carbocycles. The molecule has 4 aliphatic rings. The summed E-state index contributed by atoms with van der Waals surface area (Å²) in [5, 5.41) is 69.6. The van der Waals surface area contributed by atoms with Gasteiger partial charge in [0.2, 0.25) is 17.7 Å². The fourth-order valence-electron chi connectivity index (χ4n) is 15.0. The Morgan fingerprint density at radius 3 is 2.35 bits per heavy atom. The first kappa shape index (κ1) is 61.8. The molecule has 4 fully saturated rings. The molecule has 1 aromatic heterocycles. The third kappa shape index (κ3) is 13.8. The summed E-state index contributed by atoms with van der Waals surface area (Å²) in [4.78, 5) is 73.0. The number of nitrogens with one attached hydrogen (secondary N) is 2. The number of aliphatic carboxylic acids is 1. The molecular weight excluding hydrogens is 1040 g/mol. The molecule has 0 aliphatic heterocycles. The minimum absolute atomic E-state index is 0.0422. The number of aromatic nitrogens is 1. The first-order chi connectivity index (χ1) is 37.8. The number of phenols is 2. The first-order valence-electron chi connectivity index (χ1n) is 29.2. The Hall–Kier alpha value is -5.77. The normalized spacial score (nSPS) is 26.0. The second kappa shape index (κ2) is 26.0. The van der Waals surface area contributed by atoms with E-state index in [1.807, 2.05) is 6.07 Å². The van der Waals surface area contributed by atoms with Crippen molar-refractivity contribution in [1.82, 2.24) is 25.4 Å². The maximum Gasteiger partial charge on any atom is 0.415 e. The number of phenolic OH excluding ortho intramolecular Hbond substituents is 2. The number of aromatic hydroxyl groups is 2. The van der Waals surface area contributed by atoms with Crippen LogP contribution in [0.25, 0.3) is 23.4 Å². The monoisotopic (exact) mass is 1120 g/mol. The fourth-order valence-corrected chi connectivity index (χ4v) is 15.8. The number of fused-ring (bicyclic) bond motifs is 6. The SMILES string of the molecule is C=c1c(C)c(O)c(=C)c(C(C)(C)CC(=O)N(C)CCN(CCCCCC(=O)NCCCCC(NC(=O)CC[C@@H](C)C2CC[C@H]3[C@@H]4[C@H](O)C[C@@H]5C[C@H](O)CC[C@]5(C)[C@H]4CC[C@]23C)C(=O)O)C(=O)Oc2ccc3nc(C#N)sc3c2)c1O. The number of aliphatic hydroxyl groups is 2. The molecule has 0 spiro atoms. The number of rotatable bonds is 24. The van der Waals surface area contributed by atoms with Gasteiger partial charge in [0.15, 0.2) is 5.01 Å². The zero-order chi connectivity index (χ0) is 58.4. The number of hydrogen-bond acceptors (Lipinski definition) is 13. The topological polar surface area (TPSA) is 263 Å². The van der Waals surface area contributed by atoms with Crippen LogP contribution in [0.1, 0.15) is 166 Å². The average Bonchev–Trinajstić information content (AvgIpc) is 4.11. The van der Waals surface area contributed by atoms with E-state index in [2.05, 4.69) is 49.5 Å². The molecule has 11 atom stereocenters. The van der Waals surface area contributed by atoms with Crippen LogP contribution in [0.2, 0.25) is 0 Å². The van der Waals surface area contributed by atoms with E-state index in [-0.39, 0.29) is 131 Å². The molecule has 1 heterocycles. The lowest BCUT2D eigenvalue weighted by atomic mass is 9.43. The highest BCUT2D eigenvalue weighted by Gasteiger charge is 2.63. The molecule has 80 heavy (non-hydrogen) atoms. The summed E-state index contributed by atoms with van der Waals surface area (Å²) in [7, 11) is 1.62. The fraction of sp³-hybridized carbons (Fsp3) is 0.661. The smallest absolute Gasteiger partial charge is 0.415 e. The average molecular weight is 1130 g/mol. The van der Waals surface area contributed by atoms with E-state index in [0.29, 0.717) is 90.1 Å². The molecule has 0 saturated heterocycles. The summed E-state index contributed by atoms with van der Waals surface area (Å²) in [5.74, 6) is 0.539. The lowest BCUT2D eigenvalue weighted by Gasteiger charge is -2.62. The van der Waals surface area contributed by atoms with Crippen molar-refractivity contribution >= 4 is 64.5 Å². The van der Waals surface area contributed by atoms with Crippen molar-refractivity contribution in [3.05, 3.63) is 44.8 Å². The number of hydrogen-bond donors (Lipinski definition) is 7. The highest BCUT2D eigenvalue weighted by atomic mass is 32.1. The number of carboxylic acid groups (broad SMARTS) is 1. The number of unbranched alkanes of at least 4 members (excludes halogenated alkanes) is 3. The Kier molecular flexibility index (Phi) is 20.1. The van der Waals surface area contributed by atoms with Crippen molar-refractivity contribution in [2.24, 2.45) is 46.3 Å². The minimum atomic E-state index is -1.09. The maximum atomic E-state index is 13.7. The van der Waals surface area contributed by atoms with Crippen molar-refractivity contribution in [3.8, 4) is 23.3 Å². The third-order valence-electron chi connectivity index (χ3n) is 19.7. The number of amides is 4. The van der Waals surface area contributed by atoms with Crippen LogP contribution in [0.4, 0.5) is 4.79 Å². The molecule has 2 aromatic carbocycles. The zero-order valence-electron chi connectivity index (χ0n) is 48.3. The summed E-state index contributed by atoms with van der Waals surface area (Å²) in [6.45, 7) is 21.0. The summed E-state index contributed by atoms with van der Waals surface area (Å²) >= 11 is 1.18. The number of carbonyl (C=O) groups is 5. The van der Waals surface area contributed by atoms with Gasteiger partial charge in [-0.15, -0.1) is 11.3 Å². The van der Waals surface area contributed by atoms with Crippen LogP contribution in [0.5, 0.6) is 17.2 Å². The lowest BCUT2D eigenvalue weighted by molar-refractivity contribution is -0.174. The molecule has 438 valence electrons. The Balaban J connectivity index is 0.821. The van der Waals surface area contributed by atoms with E-state index in [9.17, 15) is 54.8 Å². The Labute approximate surface area is 475 Å². The van der Waals surface area contributed by atoms with Gasteiger partial charge in [0.1, 0.15) is 29.4 Å². The predicted octanol–water partition coefficient (Wildman–Crippen LogP) is 8.16. The van der Waals surface area contributed by atoms with E-state index < -0.39 is 23.5 Å². The zero-order valence-corrected chi connectivity index (χ0v) is 49.1. The lowest BCUT2D eigenvalue weighted by Crippen LogP contribution is -2.58. The Morgan fingerprint density at radius 2 is 1.62 bits per heavy atom. The molecule has 2 unspecified atom stereocenters. The van der Waals surface area contributed by atoms with Crippen molar-refractivity contribution in [1.29, 1.82) is 5.26 Å². The number of nitriles is 1. The number of thiazole rings is 1. The second-order valence-electron chi connectivity index (χ2n) is 25.2. The maximum absolute atomic E-state index is 13.7. The minimum Gasteiger partial charge on any atom is -0.507 e. The number of carbonyl (C=O) groups excluding carboxylic acids is 4. The molecule has 0 radical (unpaired) electrons. The van der Waals surface area contributed by atoms with Gasteiger partial charge in [0.05, 0.1) is 22.4 Å². The predicted molar refractivity (Wildman–Crippen MR) is 308 cm³/mol. The van der Waals surface area contributed by atoms with Gasteiger partial charge < -0.3 is 50.7 Å². The van der Waals surface area contributed by atoms with Crippen LogP contribution < -0.4 is 25.8 Å². The third-order valence-corrected chi connectivity index (χ3v) is 20.6. The molecule has 0 bridgehead atoms. The molecule has 4 aliphatic carbocycles. The van der Waals surface area contributed by atoms with Gasteiger partial charge >= 0.3 is 12.1 Å². The van der Waals surface area contributed by atoms with Crippen LogP contribution in [0.15, 0.2) is 18.2 Å². The summed E-state index contributed by atoms with van der Waals surface area (Å²) in [6.07, 6.45) is 10.6. The Bertz CT molecular complexity index is 2900. The number of nitrogens with zero attached hydrogens (tertiary/aromatic N) is 4. The van der Waals surface area contributed by atoms with Crippen LogP contribution in [-0.2, 0) is 24.6 Å². The number of aliphatic hydroxyl groups excluding tert-OH is 2. The van der Waals surface area contributed by atoms with Crippen molar-refractivity contribution in [3.63, 3.8) is 0 Å². The van der Waals surface area contributed by atoms with Crippen LogP contribution >= 0.6 is 11.3 Å². The molecule has 17 nitrogen and oxygen atoms in total. The quantitative estimate of drug-likeness (QED) is 0.0330. The standard InChI is InChI=1S/C62H88N6O11S/c1-36(43-19-20-44-54-45(24-26-62(43,44)8)61(7)25-23-41(69)31-40(61)32-48(54)70)17-22-51(72)65-47(58(76)77)15-12-13-27-64-50(71)16-11-10-14-28-68(59(78)79-42-18-21-46-49(33-42)80-52(35-63)66-46)30-29-67(9)53(73)34-60(5,6)55-39(4)56(74)37(2)38(3)57(55)75/h18,21,33,36,40-41,43-45,47-48,54,69-70,74-75H,3-4,10-17,19-20,22-32,34H2,1-2,5-9H3,(H,64,71)(H,65,72)(H,76,77)/t36-,40+,41-,43?,44+,45+,47?,48-,54+,61+,62-/m1/s1. The van der Waals surface area contributed by atoms with E-state index in [4.69, 9.17) is 4.74 Å². The molecule has 18 heteroatoms. The van der Waals surface area contributed by atoms with E-state index in [0.717, 1.165) is 51.4 Å². The van der Waals surface area contributed by atoms with Gasteiger partial charge in [-0.2, -0.15) is 5.26 Å². The summed E-state index contributed by atoms with van der Waals surface area (Å²) < 4.78 is 6.48. The summed E-state index contributed by atoms with van der Waals surface area (Å²) in [5.41, 5.74) is 0.654. The Morgan fingerprint density at radius 1 is 0.900 bits per heavy atom. The number of likely N-dealkylation sites (N-methyl/N-ethyl adjacent to an activating group) is 1. The van der Waals surface area contributed by atoms with E-state index in [1.165, 1.54) is 21.1 Å². The molecule has 7 N–H and O–H groups in total. The highest BCUT2D eigenvalue weighted by Crippen LogP contribution is 2.68.